The van der Waals surface area contributed by atoms with Crippen molar-refractivity contribution in [2.75, 3.05) is 13.7 Å². The van der Waals surface area contributed by atoms with Crippen LogP contribution in [0.3, 0.4) is 0 Å². The molecule has 0 saturated heterocycles. The molecule has 33 heavy (non-hydrogen) atoms. The molecular formula is C26H34N2O5. The molecule has 0 aliphatic heterocycles. The molecule has 178 valence electrons. The van der Waals surface area contributed by atoms with Gasteiger partial charge in [0.05, 0.1) is 7.11 Å². The molecule has 0 saturated carbocycles. The van der Waals surface area contributed by atoms with Crippen LogP contribution in [-0.4, -0.2) is 43.6 Å². The van der Waals surface area contributed by atoms with Crippen molar-refractivity contribution < 1.29 is 23.8 Å². The van der Waals surface area contributed by atoms with E-state index in [1.165, 1.54) is 0 Å². The third-order valence-electron chi connectivity index (χ3n) is 4.58. The quantitative estimate of drug-likeness (QED) is 0.296. The Bertz CT molecular complexity index is 889. The lowest BCUT2D eigenvalue weighted by molar-refractivity contribution is -0.156. The highest BCUT2D eigenvalue weighted by molar-refractivity contribution is 5.84. The third-order valence-corrected chi connectivity index (χ3v) is 4.58. The zero-order valence-corrected chi connectivity index (χ0v) is 19.9. The number of aliphatic imine (C=N–C) groups is 1. The second-order valence-corrected chi connectivity index (χ2v) is 8.58. The Morgan fingerprint density at radius 2 is 1.73 bits per heavy atom. The van der Waals surface area contributed by atoms with Gasteiger partial charge in [-0.15, -0.1) is 0 Å². The van der Waals surface area contributed by atoms with Crippen LogP contribution in [0.1, 0.15) is 51.2 Å². The van der Waals surface area contributed by atoms with Crippen molar-refractivity contribution >= 4 is 18.3 Å². The number of hydrogen-bond acceptors (Lipinski definition) is 6. The summed E-state index contributed by atoms with van der Waals surface area (Å²) in [5, 5.41) is 2.74. The summed E-state index contributed by atoms with van der Waals surface area (Å²) in [6.45, 7) is 6.19. The Morgan fingerprint density at radius 3 is 2.36 bits per heavy atom. The molecule has 0 fully saturated rings. The predicted molar refractivity (Wildman–Crippen MR) is 129 cm³/mol. The van der Waals surface area contributed by atoms with E-state index in [0.717, 1.165) is 16.9 Å². The number of benzene rings is 2. The average molecular weight is 455 g/mol. The second-order valence-electron chi connectivity index (χ2n) is 8.58. The number of carbonyl (C=O) groups is 2. The number of hydrogen-bond donors (Lipinski definition) is 1. The van der Waals surface area contributed by atoms with Crippen molar-refractivity contribution in [3.8, 4) is 5.75 Å². The molecule has 7 heteroatoms. The molecular weight excluding hydrogens is 420 g/mol. The van der Waals surface area contributed by atoms with Crippen molar-refractivity contribution in [2.24, 2.45) is 4.99 Å². The van der Waals surface area contributed by atoms with E-state index in [-0.39, 0.29) is 12.6 Å². The molecule has 2 aromatic carbocycles. The second kappa shape index (κ2) is 13.3. The Balaban J connectivity index is 1.80. The minimum absolute atomic E-state index is 0.230. The van der Waals surface area contributed by atoms with Gasteiger partial charge in [0.1, 0.15) is 24.0 Å². The van der Waals surface area contributed by atoms with E-state index >= 15 is 0 Å². The number of amides is 1. The van der Waals surface area contributed by atoms with Crippen LogP contribution in [0.15, 0.2) is 59.6 Å². The van der Waals surface area contributed by atoms with Gasteiger partial charge < -0.3 is 19.5 Å². The molecule has 2 rings (SSSR count). The Kier molecular flexibility index (Phi) is 10.4. The maximum absolute atomic E-state index is 12.6. The van der Waals surface area contributed by atoms with Crippen LogP contribution in [0.25, 0.3) is 0 Å². The first kappa shape index (κ1) is 25.9. The van der Waals surface area contributed by atoms with Gasteiger partial charge in [0, 0.05) is 12.8 Å². The summed E-state index contributed by atoms with van der Waals surface area (Å²) in [5.74, 6) is 0.396. The van der Waals surface area contributed by atoms with Gasteiger partial charge in [0.2, 0.25) is 0 Å². The van der Waals surface area contributed by atoms with E-state index in [2.05, 4.69) is 10.3 Å². The number of alkyl carbamates (subject to hydrolysis) is 1. The Labute approximate surface area is 196 Å². The van der Waals surface area contributed by atoms with Crippen LogP contribution < -0.4 is 10.1 Å². The SMILES string of the molecule is COc1ccc(/C=N/[C@@H](CCCCNC(=O)OCc2ccccc2)C(=O)OC(C)(C)C)cc1. The van der Waals surface area contributed by atoms with E-state index in [0.29, 0.717) is 25.8 Å². The first-order valence-corrected chi connectivity index (χ1v) is 11.1. The summed E-state index contributed by atoms with van der Waals surface area (Å²) >= 11 is 0. The van der Waals surface area contributed by atoms with Gasteiger partial charge in [-0.2, -0.15) is 0 Å². The summed E-state index contributed by atoms with van der Waals surface area (Å²) in [6, 6.07) is 16.3. The molecule has 0 spiro atoms. The maximum atomic E-state index is 12.6. The first-order valence-electron chi connectivity index (χ1n) is 11.1. The summed E-state index contributed by atoms with van der Waals surface area (Å²) in [7, 11) is 1.61. The van der Waals surface area contributed by atoms with Gasteiger partial charge in [-0.25, -0.2) is 9.59 Å². The van der Waals surface area contributed by atoms with Crippen LogP contribution in [0, 0.1) is 0 Å². The summed E-state index contributed by atoms with van der Waals surface area (Å²) in [4.78, 5) is 28.9. The lowest BCUT2D eigenvalue weighted by Crippen LogP contribution is -2.31. The zero-order valence-electron chi connectivity index (χ0n) is 19.9. The van der Waals surface area contributed by atoms with Gasteiger partial charge in [-0.05, 0) is 75.4 Å². The fourth-order valence-corrected chi connectivity index (χ4v) is 2.92. The molecule has 0 unspecified atom stereocenters. The minimum Gasteiger partial charge on any atom is -0.497 e. The zero-order chi connectivity index (χ0) is 24.1. The lowest BCUT2D eigenvalue weighted by Gasteiger charge is -2.22. The molecule has 0 heterocycles. The average Bonchev–Trinajstić information content (AvgIpc) is 2.79. The fourth-order valence-electron chi connectivity index (χ4n) is 2.92. The molecule has 0 aliphatic carbocycles. The molecule has 1 N–H and O–H groups in total. The van der Waals surface area contributed by atoms with Crippen molar-refractivity contribution in [1.82, 2.24) is 5.32 Å². The van der Waals surface area contributed by atoms with Gasteiger partial charge in [-0.1, -0.05) is 30.3 Å². The monoisotopic (exact) mass is 454 g/mol. The lowest BCUT2D eigenvalue weighted by atomic mass is 10.1. The van der Waals surface area contributed by atoms with Gasteiger partial charge in [0.25, 0.3) is 0 Å². The molecule has 1 amide bonds. The molecule has 0 radical (unpaired) electrons. The van der Waals surface area contributed by atoms with Crippen LogP contribution in [0.4, 0.5) is 4.79 Å². The number of carbonyl (C=O) groups excluding carboxylic acids is 2. The van der Waals surface area contributed by atoms with Crippen LogP contribution in [-0.2, 0) is 20.9 Å². The fraction of sp³-hybridized carbons (Fsp3) is 0.423. The number of ether oxygens (including phenoxy) is 3. The molecule has 1 atom stereocenters. The summed E-state index contributed by atoms with van der Waals surface area (Å²) in [5.41, 5.74) is 1.21. The van der Waals surface area contributed by atoms with E-state index in [1.807, 2.05) is 75.4 Å². The number of nitrogens with zero attached hydrogens (tertiary/aromatic N) is 1. The normalized spacial score (nSPS) is 12.2. The van der Waals surface area contributed by atoms with Crippen molar-refractivity contribution in [3.05, 3.63) is 65.7 Å². The van der Waals surface area contributed by atoms with Crippen molar-refractivity contribution in [1.29, 1.82) is 0 Å². The predicted octanol–water partition coefficient (Wildman–Crippen LogP) is 4.92. The van der Waals surface area contributed by atoms with Crippen LogP contribution >= 0.6 is 0 Å². The molecule has 0 aromatic heterocycles. The maximum Gasteiger partial charge on any atom is 0.407 e. The van der Waals surface area contributed by atoms with E-state index in [9.17, 15) is 9.59 Å². The number of nitrogens with one attached hydrogen (secondary N) is 1. The molecule has 2 aromatic rings. The highest BCUT2D eigenvalue weighted by Crippen LogP contribution is 2.15. The minimum atomic E-state index is -0.614. The highest BCUT2D eigenvalue weighted by Gasteiger charge is 2.24. The molecule has 0 bridgehead atoms. The van der Waals surface area contributed by atoms with Crippen LogP contribution in [0.5, 0.6) is 5.75 Å². The van der Waals surface area contributed by atoms with Gasteiger partial charge in [0.15, 0.2) is 0 Å². The standard InChI is InChI=1S/C26H34N2O5/c1-26(2,3)33-24(29)23(28-18-20-13-15-22(31-4)16-14-20)12-8-9-17-27-25(30)32-19-21-10-6-5-7-11-21/h5-7,10-11,13-16,18,23H,8-9,12,17,19H2,1-4H3,(H,27,30)/b28-18+/t23-/m0/s1. The molecule has 0 aliphatic rings. The Hall–Kier alpha value is -3.35. The van der Waals surface area contributed by atoms with Gasteiger partial charge in [-0.3, -0.25) is 4.99 Å². The third kappa shape index (κ3) is 10.7. The largest absolute Gasteiger partial charge is 0.497 e. The van der Waals surface area contributed by atoms with E-state index < -0.39 is 17.7 Å². The van der Waals surface area contributed by atoms with E-state index in [1.54, 1.807) is 13.3 Å². The van der Waals surface area contributed by atoms with Crippen molar-refractivity contribution in [2.45, 2.75) is 58.3 Å². The smallest absolute Gasteiger partial charge is 0.407 e. The van der Waals surface area contributed by atoms with Crippen LogP contribution in [0.2, 0.25) is 0 Å². The number of rotatable bonds is 11. The highest BCUT2D eigenvalue weighted by atomic mass is 16.6. The van der Waals surface area contributed by atoms with Gasteiger partial charge >= 0.3 is 12.1 Å². The molecule has 7 nitrogen and oxygen atoms in total. The van der Waals surface area contributed by atoms with Crippen molar-refractivity contribution in [3.63, 3.8) is 0 Å². The summed E-state index contributed by atoms with van der Waals surface area (Å²) in [6.07, 6.45) is 3.12. The Morgan fingerprint density at radius 1 is 1.03 bits per heavy atom. The summed E-state index contributed by atoms with van der Waals surface area (Å²) < 4.78 is 15.9. The first-order chi connectivity index (χ1) is 15.8. The topological polar surface area (TPSA) is 86.2 Å². The number of methoxy groups -OCH3 is 1. The van der Waals surface area contributed by atoms with E-state index in [4.69, 9.17) is 14.2 Å². The number of unbranched alkanes of at least 4 members (excludes halogenated alkanes) is 1. The number of esters is 1.